The number of thioether (sulfide) groups is 1. The predicted octanol–water partition coefficient (Wildman–Crippen LogP) is -0.531. The molecule has 0 bridgehead atoms. The molecule has 0 atom stereocenters. The molecule has 6 heteroatoms. The van der Waals surface area contributed by atoms with Gasteiger partial charge in [-0.3, -0.25) is 4.98 Å². The van der Waals surface area contributed by atoms with Crippen molar-refractivity contribution in [2.24, 2.45) is 0 Å². The highest BCUT2D eigenvalue weighted by atomic mass is 32.2. The van der Waals surface area contributed by atoms with E-state index >= 15 is 0 Å². The van der Waals surface area contributed by atoms with Crippen molar-refractivity contribution >= 4 is 17.7 Å². The Balaban J connectivity index is 3.19. The molecule has 0 aliphatic rings. The summed E-state index contributed by atoms with van der Waals surface area (Å²) in [5.74, 6) is 0.101. The molecule has 1 aromatic rings. The molecule has 5 nitrogen and oxygen atoms in total. The van der Waals surface area contributed by atoms with Crippen LogP contribution in [0.2, 0.25) is 0 Å². The molecule has 0 aliphatic heterocycles. The first kappa shape index (κ1) is 7.07. The molecule has 1 heterocycles. The maximum absolute atomic E-state index is 10.6. The number of hydrogen-bond donors (Lipinski definition) is 2. The van der Waals surface area contributed by atoms with Gasteiger partial charge in [-0.15, -0.1) is 0 Å². The van der Waals surface area contributed by atoms with Crippen molar-refractivity contribution in [2.45, 2.75) is 5.16 Å². The molecule has 0 aromatic carbocycles. The molecule has 0 saturated carbocycles. The summed E-state index contributed by atoms with van der Waals surface area (Å²) in [7, 11) is 0. The van der Waals surface area contributed by atoms with Gasteiger partial charge in [-0.25, -0.2) is 4.79 Å². The summed E-state index contributed by atoms with van der Waals surface area (Å²) >= 11 is 1.27. The lowest BCUT2D eigenvalue weighted by molar-refractivity contribution is 0.876. The average molecular weight is 158 g/mol. The predicted molar refractivity (Wildman–Crippen MR) is 38.8 cm³/mol. The van der Waals surface area contributed by atoms with Gasteiger partial charge in [-0.2, -0.15) is 9.97 Å². The first-order valence-electron chi connectivity index (χ1n) is 2.50. The van der Waals surface area contributed by atoms with Crippen molar-refractivity contribution in [3.63, 3.8) is 0 Å². The maximum Gasteiger partial charge on any atom is 0.350 e. The number of nitrogen functional groups attached to an aromatic ring is 1. The second-order valence-corrected chi connectivity index (χ2v) is 2.30. The standard InChI is InChI=1S/C4H6N4OS/c1-10-4-7-2(5)6-3(9)8-4/h1H3,(H3,5,6,7,8,9). The van der Waals surface area contributed by atoms with E-state index in [0.717, 1.165) is 0 Å². The van der Waals surface area contributed by atoms with Gasteiger partial charge in [-0.05, 0) is 6.26 Å². The van der Waals surface area contributed by atoms with Crippen molar-refractivity contribution in [1.29, 1.82) is 0 Å². The number of aromatic amines is 1. The van der Waals surface area contributed by atoms with E-state index in [1.54, 1.807) is 6.26 Å². The third-order valence-electron chi connectivity index (χ3n) is 0.831. The fourth-order valence-electron chi connectivity index (χ4n) is 0.472. The minimum Gasteiger partial charge on any atom is -0.369 e. The van der Waals surface area contributed by atoms with Crippen molar-refractivity contribution in [3.05, 3.63) is 10.5 Å². The van der Waals surface area contributed by atoms with Gasteiger partial charge in [0.1, 0.15) is 0 Å². The Morgan fingerprint density at radius 3 is 2.80 bits per heavy atom. The Morgan fingerprint density at radius 1 is 1.60 bits per heavy atom. The van der Waals surface area contributed by atoms with Crippen LogP contribution < -0.4 is 11.4 Å². The van der Waals surface area contributed by atoms with Crippen LogP contribution in [0.5, 0.6) is 0 Å². The summed E-state index contributed by atoms with van der Waals surface area (Å²) < 4.78 is 0. The molecule has 54 valence electrons. The van der Waals surface area contributed by atoms with Gasteiger partial charge in [0.2, 0.25) is 5.95 Å². The summed E-state index contributed by atoms with van der Waals surface area (Å²) in [5.41, 5.74) is 4.75. The summed E-state index contributed by atoms with van der Waals surface area (Å²) in [6, 6.07) is 0. The third-order valence-corrected chi connectivity index (χ3v) is 1.38. The zero-order valence-corrected chi connectivity index (χ0v) is 6.10. The van der Waals surface area contributed by atoms with E-state index in [1.165, 1.54) is 11.8 Å². The second-order valence-electron chi connectivity index (χ2n) is 1.53. The van der Waals surface area contributed by atoms with E-state index in [-0.39, 0.29) is 5.95 Å². The largest absolute Gasteiger partial charge is 0.369 e. The molecule has 0 unspecified atom stereocenters. The summed E-state index contributed by atoms with van der Waals surface area (Å²) in [6.07, 6.45) is 1.77. The number of aromatic nitrogens is 3. The lowest BCUT2D eigenvalue weighted by atomic mass is 11.0. The number of nitrogens with one attached hydrogen (secondary N) is 1. The van der Waals surface area contributed by atoms with Crippen molar-refractivity contribution in [2.75, 3.05) is 12.0 Å². The van der Waals surface area contributed by atoms with Crippen LogP contribution in [0, 0.1) is 0 Å². The Hall–Kier alpha value is -1.04. The van der Waals surface area contributed by atoms with E-state index in [2.05, 4.69) is 15.0 Å². The van der Waals surface area contributed by atoms with Crippen LogP contribution in [0.15, 0.2) is 9.95 Å². The first-order chi connectivity index (χ1) is 4.72. The summed E-state index contributed by atoms with van der Waals surface area (Å²) in [6.45, 7) is 0. The molecule has 1 rings (SSSR count). The van der Waals surface area contributed by atoms with Crippen LogP contribution in [0.1, 0.15) is 0 Å². The van der Waals surface area contributed by atoms with Crippen LogP contribution in [0.4, 0.5) is 5.95 Å². The van der Waals surface area contributed by atoms with Gasteiger partial charge in [0.15, 0.2) is 5.16 Å². The van der Waals surface area contributed by atoms with Gasteiger partial charge in [0, 0.05) is 0 Å². The highest BCUT2D eigenvalue weighted by Crippen LogP contribution is 2.03. The molecule has 0 spiro atoms. The normalized spacial score (nSPS) is 9.70. The van der Waals surface area contributed by atoms with Crippen LogP contribution in [-0.2, 0) is 0 Å². The molecule has 0 aliphatic carbocycles. The summed E-state index contributed by atoms with van der Waals surface area (Å²) in [4.78, 5) is 20.0. The van der Waals surface area contributed by atoms with E-state index < -0.39 is 5.69 Å². The molecule has 0 saturated heterocycles. The Morgan fingerprint density at radius 2 is 2.30 bits per heavy atom. The van der Waals surface area contributed by atoms with Gasteiger partial charge >= 0.3 is 5.69 Å². The van der Waals surface area contributed by atoms with Crippen LogP contribution in [-0.4, -0.2) is 21.2 Å². The molecule has 3 N–H and O–H groups in total. The van der Waals surface area contributed by atoms with E-state index in [1.807, 2.05) is 0 Å². The maximum atomic E-state index is 10.6. The van der Waals surface area contributed by atoms with E-state index in [4.69, 9.17) is 5.73 Å². The number of hydrogen-bond acceptors (Lipinski definition) is 5. The molecular formula is C4H6N4OS. The minimum atomic E-state index is -0.461. The second kappa shape index (κ2) is 2.70. The number of anilines is 1. The first-order valence-corrected chi connectivity index (χ1v) is 3.72. The highest BCUT2D eigenvalue weighted by Gasteiger charge is 1.95. The topological polar surface area (TPSA) is 84.7 Å². The number of nitrogens with zero attached hydrogens (tertiary/aromatic N) is 2. The highest BCUT2D eigenvalue weighted by molar-refractivity contribution is 7.98. The van der Waals surface area contributed by atoms with Crippen LogP contribution in [0.25, 0.3) is 0 Å². The fourth-order valence-corrected chi connectivity index (χ4v) is 0.835. The van der Waals surface area contributed by atoms with Crippen LogP contribution in [0.3, 0.4) is 0 Å². The Labute approximate surface area is 61.1 Å². The SMILES string of the molecule is CSc1nc(N)[nH]c(=O)n1. The fraction of sp³-hybridized carbons (Fsp3) is 0.250. The monoisotopic (exact) mass is 158 g/mol. The van der Waals surface area contributed by atoms with Crippen molar-refractivity contribution < 1.29 is 0 Å². The minimum absolute atomic E-state index is 0.101. The zero-order chi connectivity index (χ0) is 7.56. The van der Waals surface area contributed by atoms with Gasteiger partial charge in [0.05, 0.1) is 0 Å². The van der Waals surface area contributed by atoms with Gasteiger partial charge in [-0.1, -0.05) is 11.8 Å². The lowest BCUT2D eigenvalue weighted by Crippen LogP contribution is -2.14. The van der Waals surface area contributed by atoms with Crippen LogP contribution >= 0.6 is 11.8 Å². The molecule has 1 aromatic heterocycles. The number of rotatable bonds is 1. The van der Waals surface area contributed by atoms with Crippen molar-refractivity contribution in [3.8, 4) is 0 Å². The molecule has 0 amide bonds. The smallest absolute Gasteiger partial charge is 0.350 e. The van der Waals surface area contributed by atoms with Gasteiger partial charge < -0.3 is 5.73 Å². The number of nitrogens with two attached hydrogens (primary N) is 1. The average Bonchev–Trinajstić information content (AvgIpc) is 1.85. The van der Waals surface area contributed by atoms with E-state index in [0.29, 0.717) is 5.16 Å². The molecule has 0 radical (unpaired) electrons. The van der Waals surface area contributed by atoms with Crippen molar-refractivity contribution in [1.82, 2.24) is 15.0 Å². The van der Waals surface area contributed by atoms with E-state index in [9.17, 15) is 4.79 Å². The lowest BCUT2D eigenvalue weighted by Gasteiger charge is -1.92. The quantitative estimate of drug-likeness (QED) is 0.536. The Kier molecular flexibility index (Phi) is 1.91. The molecular weight excluding hydrogens is 152 g/mol. The Bertz CT molecular complexity index is 283. The molecule has 10 heavy (non-hydrogen) atoms. The number of H-pyrrole nitrogens is 1. The zero-order valence-electron chi connectivity index (χ0n) is 5.29. The third kappa shape index (κ3) is 1.47. The molecule has 0 fully saturated rings. The summed E-state index contributed by atoms with van der Waals surface area (Å²) in [5, 5.41) is 0.390. The van der Waals surface area contributed by atoms with Gasteiger partial charge in [0.25, 0.3) is 0 Å².